The lowest BCUT2D eigenvalue weighted by Gasteiger charge is -2.26. The topological polar surface area (TPSA) is 546 Å². The highest BCUT2D eigenvalue weighted by atomic mass is 32.2. The molecule has 21 N–H and O–H groups in total. The van der Waals surface area contributed by atoms with Crippen LogP contribution in [0.3, 0.4) is 0 Å². The number of para-hydroxylation sites is 1. The normalized spacial score (nSPS) is 14.3. The first-order valence-electron chi connectivity index (χ1n) is 31.1. The second-order valence-corrected chi connectivity index (χ2v) is 25.2. The van der Waals surface area contributed by atoms with Crippen LogP contribution in [0.4, 0.5) is 0 Å². The fourth-order valence-corrected chi connectivity index (χ4v) is 10.2. The number of aliphatic hydroxyl groups excluding tert-OH is 1. The van der Waals surface area contributed by atoms with Gasteiger partial charge in [-0.05, 0) is 75.8 Å². The van der Waals surface area contributed by atoms with Crippen LogP contribution >= 0.6 is 24.4 Å². The monoisotopic (exact) mass is 1400 g/mol. The summed E-state index contributed by atoms with van der Waals surface area (Å²) in [6, 6.07) is -6.84. The van der Waals surface area contributed by atoms with Gasteiger partial charge < -0.3 is 101 Å². The number of carbonyl (C=O) groups is 15. The summed E-state index contributed by atoms with van der Waals surface area (Å²) in [7, 11) is 3.19. The highest BCUT2D eigenvalue weighted by molar-refractivity contribution is 7.98. The van der Waals surface area contributed by atoms with E-state index in [2.05, 4.69) is 91.4 Å². The van der Waals surface area contributed by atoms with Crippen molar-refractivity contribution >= 4 is 124 Å². The van der Waals surface area contributed by atoms with Crippen molar-refractivity contribution in [2.45, 2.75) is 146 Å². The first kappa shape index (κ1) is 81.9. The fraction of sp³-hybridized carbons (Fsp3) is 0.567. The number of aromatic nitrogens is 3. The van der Waals surface area contributed by atoms with Gasteiger partial charge in [-0.1, -0.05) is 45.9 Å². The summed E-state index contributed by atoms with van der Waals surface area (Å²) in [5.74, 6) is -13.6. The predicted octanol–water partition coefficient (Wildman–Crippen LogP) is -6.27. The number of hydrogen-bond donors (Lipinski definition) is 19. The van der Waals surface area contributed by atoms with E-state index in [1.807, 2.05) is 20.1 Å². The largest absolute Gasteiger partial charge is 0.394 e. The Hall–Kier alpha value is -9.36. The zero-order valence-corrected chi connectivity index (χ0v) is 57.1. The molecular weight excluding hydrogens is 1310 g/mol. The van der Waals surface area contributed by atoms with Crippen molar-refractivity contribution < 1.29 is 77.0 Å². The third-order valence-electron chi connectivity index (χ3n) is 14.5. The van der Waals surface area contributed by atoms with Crippen LogP contribution in [0.15, 0.2) is 43.0 Å². The van der Waals surface area contributed by atoms with E-state index in [4.69, 9.17) is 17.2 Å². The number of hydrogen-bond acceptors (Lipinski definition) is 20. The molecule has 35 nitrogen and oxygen atoms in total. The van der Waals surface area contributed by atoms with Crippen molar-refractivity contribution in [2.75, 3.05) is 58.1 Å². The van der Waals surface area contributed by atoms with Crippen molar-refractivity contribution in [3.63, 3.8) is 0 Å². The van der Waals surface area contributed by atoms with Gasteiger partial charge in [-0.15, -0.1) is 0 Å². The van der Waals surface area contributed by atoms with E-state index in [0.717, 1.165) is 0 Å². The fourth-order valence-electron chi connectivity index (χ4n) is 9.43. The Balaban J connectivity index is 1.75. The van der Waals surface area contributed by atoms with E-state index in [0.29, 0.717) is 27.9 Å². The van der Waals surface area contributed by atoms with E-state index in [9.17, 15) is 77.0 Å². The second kappa shape index (κ2) is 41.6. The highest BCUT2D eigenvalue weighted by Gasteiger charge is 2.35. The van der Waals surface area contributed by atoms with Crippen molar-refractivity contribution in [2.24, 2.45) is 29.0 Å². The first-order valence-corrected chi connectivity index (χ1v) is 33.1. The predicted molar refractivity (Wildman–Crippen MR) is 358 cm³/mol. The zero-order valence-electron chi connectivity index (χ0n) is 55.4. The summed E-state index contributed by atoms with van der Waals surface area (Å²) in [4.78, 5) is 210. The average Bonchev–Trinajstić information content (AvgIpc) is 1.75. The van der Waals surface area contributed by atoms with Gasteiger partial charge in [0.05, 0.1) is 32.4 Å². The van der Waals surface area contributed by atoms with Crippen LogP contribution in [0.25, 0.3) is 10.9 Å². The minimum Gasteiger partial charge on any atom is -0.394 e. The van der Waals surface area contributed by atoms with Gasteiger partial charge in [-0.25, -0.2) is 4.98 Å². The first-order chi connectivity index (χ1) is 45.8. The molecule has 37 heteroatoms. The summed E-state index contributed by atoms with van der Waals surface area (Å²) in [5.41, 5.74) is 18.0. The maximum atomic E-state index is 14.4. The summed E-state index contributed by atoms with van der Waals surface area (Å²) in [6.07, 6.45) is 4.11. The van der Waals surface area contributed by atoms with Crippen molar-refractivity contribution in [1.82, 2.24) is 83.7 Å². The Kier molecular flexibility index (Phi) is 35.1. The molecule has 0 spiro atoms. The van der Waals surface area contributed by atoms with Crippen molar-refractivity contribution in [3.8, 4) is 0 Å². The van der Waals surface area contributed by atoms with Gasteiger partial charge in [0.2, 0.25) is 88.6 Å². The minimum atomic E-state index is -1.66. The molecule has 0 aliphatic rings. The van der Waals surface area contributed by atoms with Gasteiger partial charge in [0.25, 0.3) is 0 Å². The molecule has 0 saturated carbocycles. The van der Waals surface area contributed by atoms with Gasteiger partial charge in [-0.2, -0.15) is 24.4 Å². The number of aromatic amines is 2. The second-order valence-electron chi connectivity index (χ2n) is 23.8. The van der Waals surface area contributed by atoms with E-state index >= 15 is 0 Å². The summed E-state index contributed by atoms with van der Waals surface area (Å²) >= 11 is 5.53. The van der Waals surface area contributed by atoms with Crippen LogP contribution in [0.5, 0.6) is 0 Å². The molecule has 3 aromatic rings. The molecule has 10 atom stereocenters. The van der Waals surface area contributed by atoms with Gasteiger partial charge in [0, 0.05) is 67.0 Å². The minimum absolute atomic E-state index is 0.113. The number of thioether (sulfide) groups is 1. The number of rotatable bonds is 44. The summed E-state index contributed by atoms with van der Waals surface area (Å²) in [6.45, 7) is 5.99. The lowest BCUT2D eigenvalue weighted by molar-refractivity contribution is -0.135. The Labute approximate surface area is 570 Å². The lowest BCUT2D eigenvalue weighted by Crippen LogP contribution is -2.59. The quantitative estimate of drug-likeness (QED) is 0.0234. The standard InChI is InChI=1S/C60H93N19O16S2/c1-30(2)19-39(56(91)73-37(51(63)86)16-18-97-8)74-57(92)41(21-34-24-64-29-68-34)71-48(84)25-67-60(95)50(31(3)4)78-52(87)32(5)69-55(90)40(20-33-23-66-36-12-10-9-11-35(33)36)75-54(89)38(13-14-45(61)81)70-47(83)15-17-65-53(88)42(22-46(62)82)76-59(94)44(28-96)77-58(93)43(27-80)72-49(85)26-79(6)7/h9-12,23-24,29-32,37-44,50,66,80,96H,13-22,25-28H2,1-8H3,(H2,61,81)(H2,62,82)(H2,63,86)(H,64,68)(H,65,88)(H,67,95)(H,69,90)(H,70,83)(H,71,84)(H,72,85)(H,73,91)(H,74,92)(H,75,89)(H,76,94)(H,77,93)(H,78,87)/t32-,37-,38-,39-,40-,41-,42-,43-,44-,50-/m0/s1. The van der Waals surface area contributed by atoms with Gasteiger partial charge in [0.1, 0.15) is 60.4 Å². The number of nitrogens with two attached hydrogens (primary N) is 3. The molecule has 0 aliphatic heterocycles. The summed E-state index contributed by atoms with van der Waals surface area (Å²) < 4.78 is 0. The molecule has 2 heterocycles. The Morgan fingerprint density at radius 3 is 1.76 bits per heavy atom. The molecule has 97 heavy (non-hydrogen) atoms. The average molecular weight is 1400 g/mol. The molecule has 0 saturated heterocycles. The number of nitrogens with one attached hydrogen (secondary N) is 14. The maximum Gasteiger partial charge on any atom is 0.245 e. The number of carbonyl (C=O) groups excluding carboxylic acids is 15. The summed E-state index contributed by atoms with van der Waals surface area (Å²) in [5, 5.41) is 40.2. The lowest BCUT2D eigenvalue weighted by atomic mass is 10.0. The molecule has 3 rings (SSSR count). The van der Waals surface area contributed by atoms with Crippen LogP contribution in [0.2, 0.25) is 0 Å². The van der Waals surface area contributed by atoms with Gasteiger partial charge in [0.15, 0.2) is 0 Å². The molecule has 15 amide bonds. The Morgan fingerprint density at radius 1 is 0.588 bits per heavy atom. The molecule has 2 aromatic heterocycles. The van der Waals surface area contributed by atoms with Gasteiger partial charge >= 0.3 is 0 Å². The number of imidazole rings is 1. The van der Waals surface area contributed by atoms with Crippen LogP contribution < -0.4 is 81.0 Å². The number of thiol groups is 1. The molecule has 0 bridgehead atoms. The van der Waals surface area contributed by atoms with Crippen LogP contribution in [0, 0.1) is 11.8 Å². The Morgan fingerprint density at radius 2 is 1.16 bits per heavy atom. The number of benzene rings is 1. The number of fused-ring (bicyclic) bond motifs is 1. The molecular formula is C60H93N19O16S2. The highest BCUT2D eigenvalue weighted by Crippen LogP contribution is 2.20. The maximum absolute atomic E-state index is 14.4. The smallest absolute Gasteiger partial charge is 0.245 e. The van der Waals surface area contributed by atoms with Gasteiger partial charge in [-0.3, -0.25) is 71.9 Å². The van der Waals surface area contributed by atoms with E-state index in [1.54, 1.807) is 58.4 Å². The SMILES string of the molecule is CSCC[C@H](NC(=O)[C@H](CC(C)C)NC(=O)[C@H](Cc1cnc[nH]1)NC(=O)CNC(=O)[C@@H](NC(=O)[C@H](C)NC(=O)[C@H](Cc1c[nH]c2ccccc12)NC(=O)[C@H](CCC(N)=O)NC(=O)CCNC(=O)[C@H](CC(N)=O)NC(=O)[C@H](CS)NC(=O)[C@H](CO)NC(=O)CN(C)C)C(C)C)C(N)=O. The third-order valence-corrected chi connectivity index (χ3v) is 15.5. The molecule has 536 valence electrons. The Bertz CT molecular complexity index is 3220. The molecule has 0 fully saturated rings. The number of H-pyrrole nitrogens is 2. The van der Waals surface area contributed by atoms with Crippen LogP contribution in [-0.2, 0) is 84.8 Å². The van der Waals surface area contributed by atoms with Crippen LogP contribution in [0.1, 0.15) is 84.4 Å². The molecule has 1 aromatic carbocycles. The number of nitrogens with zero attached hydrogens (tertiary/aromatic N) is 2. The van der Waals surface area contributed by atoms with Crippen molar-refractivity contribution in [1.29, 1.82) is 0 Å². The molecule has 0 radical (unpaired) electrons. The van der Waals surface area contributed by atoms with E-state index in [-0.39, 0.29) is 43.9 Å². The number of aliphatic hydroxyl groups is 1. The molecule has 0 aliphatic carbocycles. The zero-order chi connectivity index (χ0) is 72.6. The number of primary amides is 3. The molecule has 0 unspecified atom stereocenters. The van der Waals surface area contributed by atoms with E-state index < -0.39 is 200 Å². The number of amides is 15. The van der Waals surface area contributed by atoms with Crippen LogP contribution in [-0.4, -0.2) is 232 Å². The van der Waals surface area contributed by atoms with E-state index in [1.165, 1.54) is 36.1 Å². The third kappa shape index (κ3) is 29.3. The van der Waals surface area contributed by atoms with Crippen molar-refractivity contribution in [3.05, 3.63) is 54.2 Å². The number of likely N-dealkylation sites (N-methyl/N-ethyl adjacent to an activating group) is 1.